The van der Waals surface area contributed by atoms with Gasteiger partial charge < -0.3 is 11.1 Å². The van der Waals surface area contributed by atoms with Gasteiger partial charge in [0.1, 0.15) is 5.82 Å². The molecule has 0 radical (unpaired) electrons. The van der Waals surface area contributed by atoms with E-state index in [4.69, 9.17) is 5.73 Å². The van der Waals surface area contributed by atoms with E-state index in [0.717, 1.165) is 22.6 Å². The lowest BCUT2D eigenvalue weighted by atomic mass is 10.1. The van der Waals surface area contributed by atoms with Crippen molar-refractivity contribution in [3.63, 3.8) is 0 Å². The van der Waals surface area contributed by atoms with E-state index in [1.54, 1.807) is 23.9 Å². The molecule has 5 heteroatoms. The van der Waals surface area contributed by atoms with Gasteiger partial charge in [-0.15, -0.1) is 0 Å². The molecule has 2 rings (SSSR count). The molecule has 3 N–H and O–H groups in total. The Morgan fingerprint density at radius 3 is 2.67 bits per heavy atom. The molecule has 0 atom stereocenters. The molecule has 0 bridgehead atoms. The van der Waals surface area contributed by atoms with E-state index in [1.165, 1.54) is 6.07 Å². The summed E-state index contributed by atoms with van der Waals surface area (Å²) in [6, 6.07) is 14.4. The molecule has 3 nitrogen and oxygen atoms in total. The number of para-hydroxylation sites is 1. The van der Waals surface area contributed by atoms with Gasteiger partial charge in [0.15, 0.2) is 5.96 Å². The second-order valence-electron chi connectivity index (χ2n) is 4.54. The minimum Gasteiger partial charge on any atom is -0.370 e. The summed E-state index contributed by atoms with van der Waals surface area (Å²) in [5.74, 6) is 0.886. The highest BCUT2D eigenvalue weighted by Gasteiger charge is 2.04. The maximum absolute atomic E-state index is 13.3. The summed E-state index contributed by atoms with van der Waals surface area (Å²) in [6.45, 7) is 0.432. The summed E-state index contributed by atoms with van der Waals surface area (Å²) >= 11 is 1.65. The summed E-state index contributed by atoms with van der Waals surface area (Å²) in [6.07, 6.45) is 1.99. The Balaban J connectivity index is 2.06. The van der Waals surface area contributed by atoms with Crippen LogP contribution in [0.3, 0.4) is 0 Å². The molecule has 0 aliphatic heterocycles. The molecule has 21 heavy (non-hydrogen) atoms. The standard InChI is InChI=1S/C16H18FN3S/c1-21-11-13-9-14(17)8-7-12(13)10-19-16(18)20-15-5-3-2-4-6-15/h2-9H,10-11H2,1H3,(H3,18,19,20). The van der Waals surface area contributed by atoms with Crippen LogP contribution in [0, 0.1) is 5.82 Å². The number of thioether (sulfide) groups is 1. The molecular weight excluding hydrogens is 285 g/mol. The van der Waals surface area contributed by atoms with Crippen LogP contribution in [0.2, 0.25) is 0 Å². The number of nitrogens with two attached hydrogens (primary N) is 1. The highest BCUT2D eigenvalue weighted by molar-refractivity contribution is 7.97. The Hall–Kier alpha value is -2.01. The van der Waals surface area contributed by atoms with Crippen molar-refractivity contribution in [1.82, 2.24) is 0 Å². The smallest absolute Gasteiger partial charge is 0.193 e. The number of halogens is 1. The number of anilines is 1. The average molecular weight is 303 g/mol. The molecule has 2 aromatic carbocycles. The summed E-state index contributed by atoms with van der Waals surface area (Å²) in [5, 5.41) is 3.02. The summed E-state index contributed by atoms with van der Waals surface area (Å²) < 4.78 is 13.3. The van der Waals surface area contributed by atoms with Crippen molar-refractivity contribution in [2.75, 3.05) is 11.6 Å². The van der Waals surface area contributed by atoms with Crippen LogP contribution >= 0.6 is 11.8 Å². The Morgan fingerprint density at radius 1 is 1.19 bits per heavy atom. The van der Waals surface area contributed by atoms with Crippen molar-refractivity contribution in [3.8, 4) is 0 Å². The molecule has 0 unspecified atom stereocenters. The first-order valence-electron chi connectivity index (χ1n) is 6.57. The van der Waals surface area contributed by atoms with Gasteiger partial charge in [0.25, 0.3) is 0 Å². The molecule has 0 fully saturated rings. The Kier molecular flexibility index (Phi) is 5.63. The average Bonchev–Trinajstić information content (AvgIpc) is 2.48. The minimum absolute atomic E-state index is 0.220. The van der Waals surface area contributed by atoms with Crippen LogP contribution < -0.4 is 11.1 Å². The first-order valence-corrected chi connectivity index (χ1v) is 7.96. The fourth-order valence-electron chi connectivity index (χ4n) is 1.92. The number of hydrogen-bond acceptors (Lipinski definition) is 2. The lowest BCUT2D eigenvalue weighted by molar-refractivity contribution is 0.625. The number of hydrogen-bond donors (Lipinski definition) is 2. The van der Waals surface area contributed by atoms with Gasteiger partial charge in [0.2, 0.25) is 0 Å². The Labute approximate surface area is 128 Å². The molecule has 110 valence electrons. The zero-order valence-electron chi connectivity index (χ0n) is 11.8. The maximum Gasteiger partial charge on any atom is 0.193 e. The van der Waals surface area contributed by atoms with Crippen molar-refractivity contribution in [2.45, 2.75) is 12.3 Å². The minimum atomic E-state index is -0.220. The van der Waals surface area contributed by atoms with E-state index in [9.17, 15) is 4.39 Å². The van der Waals surface area contributed by atoms with Gasteiger partial charge in [-0.25, -0.2) is 9.38 Å². The molecule has 0 amide bonds. The van der Waals surface area contributed by atoms with Gasteiger partial charge >= 0.3 is 0 Å². The first-order chi connectivity index (χ1) is 10.2. The molecule has 0 spiro atoms. The van der Waals surface area contributed by atoms with Crippen molar-refractivity contribution < 1.29 is 4.39 Å². The molecular formula is C16H18FN3S. The van der Waals surface area contributed by atoms with Crippen LogP contribution in [0.4, 0.5) is 10.1 Å². The van der Waals surface area contributed by atoms with E-state index in [1.807, 2.05) is 36.6 Å². The number of aliphatic imine (C=N–C) groups is 1. The van der Waals surface area contributed by atoms with Crippen LogP contribution in [0.25, 0.3) is 0 Å². The third-order valence-electron chi connectivity index (χ3n) is 2.93. The van der Waals surface area contributed by atoms with Gasteiger partial charge in [-0.1, -0.05) is 24.3 Å². The monoisotopic (exact) mass is 303 g/mol. The van der Waals surface area contributed by atoms with E-state index >= 15 is 0 Å². The molecule has 2 aromatic rings. The molecule has 0 heterocycles. The SMILES string of the molecule is CSCc1cc(F)ccc1CN=C(N)Nc1ccccc1. The Bertz CT molecular complexity index is 614. The van der Waals surface area contributed by atoms with Crippen LogP contribution in [0.1, 0.15) is 11.1 Å². The van der Waals surface area contributed by atoms with Crippen LogP contribution in [-0.2, 0) is 12.3 Å². The zero-order valence-corrected chi connectivity index (χ0v) is 12.7. The topological polar surface area (TPSA) is 50.4 Å². The second-order valence-corrected chi connectivity index (χ2v) is 5.40. The number of guanidine groups is 1. The van der Waals surface area contributed by atoms with E-state index in [2.05, 4.69) is 10.3 Å². The van der Waals surface area contributed by atoms with Gasteiger partial charge in [0.05, 0.1) is 6.54 Å². The van der Waals surface area contributed by atoms with Crippen molar-refractivity contribution in [1.29, 1.82) is 0 Å². The van der Waals surface area contributed by atoms with Crippen LogP contribution in [-0.4, -0.2) is 12.2 Å². The summed E-state index contributed by atoms with van der Waals surface area (Å²) in [5.41, 5.74) is 8.70. The number of nitrogens with one attached hydrogen (secondary N) is 1. The van der Waals surface area contributed by atoms with Gasteiger partial charge in [-0.3, -0.25) is 0 Å². The zero-order chi connectivity index (χ0) is 15.1. The lowest BCUT2D eigenvalue weighted by Crippen LogP contribution is -2.22. The van der Waals surface area contributed by atoms with Crippen molar-refractivity contribution >= 4 is 23.4 Å². The lowest BCUT2D eigenvalue weighted by Gasteiger charge is -2.08. The third kappa shape index (κ3) is 4.79. The molecule has 0 saturated carbocycles. The van der Waals surface area contributed by atoms with Gasteiger partial charge in [-0.2, -0.15) is 11.8 Å². The Morgan fingerprint density at radius 2 is 1.95 bits per heavy atom. The van der Waals surface area contributed by atoms with Crippen LogP contribution in [0.15, 0.2) is 53.5 Å². The third-order valence-corrected chi connectivity index (χ3v) is 3.53. The summed E-state index contributed by atoms with van der Waals surface area (Å²) in [4.78, 5) is 4.31. The van der Waals surface area contributed by atoms with E-state index < -0.39 is 0 Å². The normalized spacial score (nSPS) is 11.4. The van der Waals surface area contributed by atoms with Gasteiger partial charge in [-0.05, 0) is 41.6 Å². The quantitative estimate of drug-likeness (QED) is 0.655. The largest absolute Gasteiger partial charge is 0.370 e. The molecule has 0 aliphatic carbocycles. The predicted octanol–water partition coefficient (Wildman–Crippen LogP) is 3.62. The highest BCUT2D eigenvalue weighted by Crippen LogP contribution is 2.17. The number of rotatable bonds is 5. The van der Waals surface area contributed by atoms with Gasteiger partial charge in [0, 0.05) is 11.4 Å². The molecule has 0 saturated heterocycles. The summed E-state index contributed by atoms with van der Waals surface area (Å²) in [7, 11) is 0. The van der Waals surface area contributed by atoms with E-state index in [-0.39, 0.29) is 5.82 Å². The van der Waals surface area contributed by atoms with Crippen LogP contribution in [0.5, 0.6) is 0 Å². The fourth-order valence-corrected chi connectivity index (χ4v) is 2.50. The highest BCUT2D eigenvalue weighted by atomic mass is 32.2. The van der Waals surface area contributed by atoms with E-state index in [0.29, 0.717) is 12.5 Å². The first kappa shape index (κ1) is 15.4. The number of benzene rings is 2. The molecule has 0 aromatic heterocycles. The molecule has 0 aliphatic rings. The fraction of sp³-hybridized carbons (Fsp3) is 0.188. The second kappa shape index (κ2) is 7.69. The van der Waals surface area contributed by atoms with Crippen molar-refractivity contribution in [3.05, 3.63) is 65.5 Å². The predicted molar refractivity (Wildman–Crippen MR) is 89.0 cm³/mol. The van der Waals surface area contributed by atoms with Crippen molar-refractivity contribution in [2.24, 2.45) is 10.7 Å². The maximum atomic E-state index is 13.3. The number of nitrogens with zero attached hydrogens (tertiary/aromatic N) is 1.